The zero-order chi connectivity index (χ0) is 17.8. The average molecular weight is 357 g/mol. The van der Waals surface area contributed by atoms with Crippen molar-refractivity contribution in [2.75, 3.05) is 18.4 Å². The Hall–Kier alpha value is -3.06. The van der Waals surface area contributed by atoms with E-state index in [4.69, 9.17) is 0 Å². The topological polar surface area (TPSA) is 80.0 Å². The lowest BCUT2D eigenvalue weighted by Gasteiger charge is -2.54. The van der Waals surface area contributed by atoms with E-state index in [1.807, 2.05) is 23.0 Å². The Balaban J connectivity index is 1.29. The summed E-state index contributed by atoms with van der Waals surface area (Å²) in [5.41, 5.74) is 5.49. The van der Waals surface area contributed by atoms with Crippen molar-refractivity contribution in [2.45, 2.75) is 18.9 Å². The summed E-state index contributed by atoms with van der Waals surface area (Å²) in [7, 11) is 0. The molecule has 1 aliphatic heterocycles. The second kappa shape index (κ2) is 5.47. The molecule has 2 N–H and O–H groups in total. The predicted octanol–water partition coefficient (Wildman–Crippen LogP) is 2.50. The summed E-state index contributed by atoms with van der Waals surface area (Å²) in [6, 6.07) is 8.69. The van der Waals surface area contributed by atoms with Gasteiger partial charge in [0.25, 0.3) is 0 Å². The van der Waals surface area contributed by atoms with Crippen LogP contribution in [-0.4, -0.2) is 43.7 Å². The van der Waals surface area contributed by atoms with Crippen molar-refractivity contribution in [3.63, 3.8) is 0 Å². The number of nitrogens with zero attached hydrogens (tertiary/aromatic N) is 5. The summed E-state index contributed by atoms with van der Waals surface area (Å²) >= 11 is 0. The van der Waals surface area contributed by atoms with E-state index in [0.717, 1.165) is 40.8 Å². The quantitative estimate of drug-likeness (QED) is 0.586. The van der Waals surface area contributed by atoms with E-state index in [0.29, 0.717) is 17.4 Å². The van der Waals surface area contributed by atoms with Gasteiger partial charge < -0.3 is 10.6 Å². The molecule has 1 aromatic carbocycles. The number of fused-ring (bicyclic) bond motifs is 2. The first-order chi connectivity index (χ1) is 13.3. The summed E-state index contributed by atoms with van der Waals surface area (Å²) < 4.78 is 1.89. The largest absolute Gasteiger partial charge is 0.350 e. The van der Waals surface area contributed by atoms with Crippen LogP contribution in [0.3, 0.4) is 0 Å². The van der Waals surface area contributed by atoms with Crippen LogP contribution in [0.5, 0.6) is 0 Å². The highest BCUT2D eigenvalue weighted by Crippen LogP contribution is 2.45. The summed E-state index contributed by atoms with van der Waals surface area (Å²) in [6.07, 6.45) is 9.72. The molecular weight excluding hydrogens is 338 g/mol. The van der Waals surface area contributed by atoms with Crippen molar-refractivity contribution in [1.82, 2.24) is 29.9 Å². The van der Waals surface area contributed by atoms with Gasteiger partial charge in [-0.25, -0.2) is 9.50 Å². The Bertz CT molecular complexity index is 1150. The van der Waals surface area contributed by atoms with Gasteiger partial charge in [-0.2, -0.15) is 0 Å². The third kappa shape index (κ3) is 2.39. The Labute approximate surface area is 155 Å². The second-order valence-corrected chi connectivity index (χ2v) is 7.75. The van der Waals surface area contributed by atoms with Gasteiger partial charge in [0, 0.05) is 43.3 Å². The number of anilines is 1. The fourth-order valence-corrected chi connectivity index (χ4v) is 4.38. The summed E-state index contributed by atoms with van der Waals surface area (Å²) in [5.74, 6) is 0.696. The van der Waals surface area contributed by atoms with Crippen LogP contribution in [0.15, 0.2) is 49.1 Å². The number of hydrogen-bond acceptors (Lipinski definition) is 6. The molecule has 27 heavy (non-hydrogen) atoms. The van der Waals surface area contributed by atoms with Gasteiger partial charge in [0.05, 0.1) is 22.7 Å². The van der Waals surface area contributed by atoms with Crippen molar-refractivity contribution >= 4 is 22.5 Å². The van der Waals surface area contributed by atoms with Crippen molar-refractivity contribution < 1.29 is 0 Å². The fourth-order valence-electron chi connectivity index (χ4n) is 4.38. The van der Waals surface area contributed by atoms with Gasteiger partial charge in [0.2, 0.25) is 5.95 Å². The molecule has 0 radical (unpaired) electrons. The summed E-state index contributed by atoms with van der Waals surface area (Å²) in [6.45, 7) is 2.31. The molecule has 2 fully saturated rings. The van der Waals surface area contributed by atoms with E-state index in [-0.39, 0.29) is 0 Å². The third-order valence-electron chi connectivity index (χ3n) is 5.89. The van der Waals surface area contributed by atoms with Gasteiger partial charge in [0.1, 0.15) is 0 Å². The van der Waals surface area contributed by atoms with Gasteiger partial charge in [-0.3, -0.25) is 9.97 Å². The molecule has 1 spiro atoms. The van der Waals surface area contributed by atoms with Crippen LogP contribution < -0.4 is 10.6 Å². The number of hydrogen-bond donors (Lipinski definition) is 2. The molecule has 0 amide bonds. The molecule has 6 rings (SSSR count). The summed E-state index contributed by atoms with van der Waals surface area (Å²) in [4.78, 5) is 13.3. The average Bonchev–Trinajstić information content (AvgIpc) is 3.05. The maximum absolute atomic E-state index is 4.65. The molecule has 1 aliphatic carbocycles. The molecule has 7 nitrogen and oxygen atoms in total. The molecule has 134 valence electrons. The first-order valence-electron chi connectivity index (χ1n) is 9.31. The van der Waals surface area contributed by atoms with Gasteiger partial charge >= 0.3 is 0 Å². The normalized spacial score (nSPS) is 18.5. The first kappa shape index (κ1) is 15.0. The molecule has 3 aromatic heterocycles. The lowest BCUT2D eigenvalue weighted by Crippen LogP contribution is -2.63. The van der Waals surface area contributed by atoms with Gasteiger partial charge in [-0.1, -0.05) is 6.07 Å². The van der Waals surface area contributed by atoms with Crippen molar-refractivity contribution in [1.29, 1.82) is 0 Å². The second-order valence-electron chi connectivity index (χ2n) is 7.75. The van der Waals surface area contributed by atoms with Crippen molar-refractivity contribution in [3.8, 4) is 11.1 Å². The van der Waals surface area contributed by atoms with Crippen LogP contribution in [0.1, 0.15) is 12.8 Å². The van der Waals surface area contributed by atoms with Crippen LogP contribution in [0.25, 0.3) is 27.7 Å². The molecule has 0 bridgehead atoms. The zero-order valence-electron chi connectivity index (χ0n) is 14.8. The lowest BCUT2D eigenvalue weighted by atomic mass is 9.62. The van der Waals surface area contributed by atoms with Crippen molar-refractivity contribution in [2.24, 2.45) is 5.41 Å². The zero-order valence-corrected chi connectivity index (χ0v) is 14.8. The van der Waals surface area contributed by atoms with E-state index in [1.54, 1.807) is 12.4 Å². The van der Waals surface area contributed by atoms with E-state index in [9.17, 15) is 0 Å². The Morgan fingerprint density at radius 3 is 2.70 bits per heavy atom. The molecule has 1 saturated carbocycles. The van der Waals surface area contributed by atoms with E-state index < -0.39 is 0 Å². The number of rotatable bonds is 3. The van der Waals surface area contributed by atoms with Crippen LogP contribution in [0, 0.1) is 5.41 Å². The van der Waals surface area contributed by atoms with E-state index in [1.165, 1.54) is 12.8 Å². The predicted molar refractivity (Wildman–Crippen MR) is 103 cm³/mol. The van der Waals surface area contributed by atoms with Gasteiger partial charge in [0.15, 0.2) is 0 Å². The fraction of sp³-hybridized carbons (Fsp3) is 0.300. The molecule has 7 heteroatoms. The smallest absolute Gasteiger partial charge is 0.241 e. The van der Waals surface area contributed by atoms with Crippen molar-refractivity contribution in [3.05, 3.63) is 49.1 Å². The van der Waals surface area contributed by atoms with Gasteiger partial charge in [-0.15, -0.1) is 5.10 Å². The summed E-state index contributed by atoms with van der Waals surface area (Å²) in [5, 5.41) is 11.5. The Morgan fingerprint density at radius 1 is 1.04 bits per heavy atom. The maximum atomic E-state index is 4.65. The number of benzene rings is 1. The first-order valence-corrected chi connectivity index (χ1v) is 9.31. The highest BCUT2D eigenvalue weighted by molar-refractivity contribution is 5.86. The lowest BCUT2D eigenvalue weighted by molar-refractivity contribution is 0.0467. The van der Waals surface area contributed by atoms with Crippen LogP contribution in [0.2, 0.25) is 0 Å². The highest BCUT2D eigenvalue weighted by Gasteiger charge is 2.48. The number of nitrogens with one attached hydrogen (secondary N) is 2. The minimum Gasteiger partial charge on any atom is -0.350 e. The molecule has 0 atom stereocenters. The van der Waals surface area contributed by atoms with E-state index >= 15 is 0 Å². The van der Waals surface area contributed by atoms with Crippen LogP contribution in [-0.2, 0) is 0 Å². The minimum absolute atomic E-state index is 0.485. The van der Waals surface area contributed by atoms with Gasteiger partial charge in [-0.05, 0) is 42.0 Å². The van der Waals surface area contributed by atoms with Crippen LogP contribution in [0.4, 0.5) is 5.95 Å². The molecule has 1 saturated heterocycles. The third-order valence-corrected chi connectivity index (χ3v) is 5.89. The number of aromatic nitrogens is 5. The Morgan fingerprint density at radius 2 is 1.89 bits per heavy atom. The van der Waals surface area contributed by atoms with Crippen LogP contribution >= 0.6 is 0 Å². The molecule has 4 heterocycles. The highest BCUT2D eigenvalue weighted by atomic mass is 15.3. The van der Waals surface area contributed by atoms with E-state index in [2.05, 4.69) is 48.9 Å². The standard InChI is InChI=1S/C20H19N7/c1-2-16-17(23-5-4-22-16)7-13(1)15-3-6-27-18(15)10-24-19(26-27)25-14-8-20(9-14)11-21-12-20/h1-7,10,14,21H,8-9,11-12H2,(H,25,26). The molecule has 2 aliphatic rings. The monoisotopic (exact) mass is 357 g/mol. The Kier molecular flexibility index (Phi) is 3.05. The minimum atomic E-state index is 0.485. The molecular formula is C20H19N7. The molecule has 0 unspecified atom stereocenters. The SMILES string of the molecule is c1cnc2cc(-c3ccn4nc(NC5CC6(CNC6)C5)ncc34)ccc2n1. The molecule has 4 aromatic rings. The maximum Gasteiger partial charge on any atom is 0.241 e.